The highest BCUT2D eigenvalue weighted by atomic mass is 35.5. The normalized spacial score (nSPS) is 17.9. The highest BCUT2D eigenvalue weighted by Gasteiger charge is 2.45. The lowest BCUT2D eigenvalue weighted by Gasteiger charge is -2.31. The van der Waals surface area contributed by atoms with Crippen molar-refractivity contribution in [2.75, 3.05) is 14.2 Å². The monoisotopic (exact) mass is 542 g/mol. The van der Waals surface area contributed by atoms with Crippen molar-refractivity contribution < 1.29 is 19.1 Å². The second-order valence-corrected chi connectivity index (χ2v) is 11.4. The van der Waals surface area contributed by atoms with Gasteiger partial charge >= 0.3 is 0 Å². The molecule has 10 heteroatoms. The quantitative estimate of drug-likeness (QED) is 0.477. The Morgan fingerprint density at radius 3 is 2.41 bits per heavy atom. The number of amides is 2. The lowest BCUT2D eigenvalue weighted by atomic mass is 9.96. The van der Waals surface area contributed by atoms with Gasteiger partial charge in [-0.15, -0.1) is 0 Å². The zero-order valence-electron chi connectivity index (χ0n) is 21.3. The zero-order valence-corrected chi connectivity index (χ0v) is 22.8. The van der Waals surface area contributed by atoms with Crippen LogP contribution in [0.3, 0.4) is 0 Å². The summed E-state index contributed by atoms with van der Waals surface area (Å²) in [4.78, 5) is 27.1. The summed E-state index contributed by atoms with van der Waals surface area (Å²) in [6, 6.07) is 8.89. The summed E-state index contributed by atoms with van der Waals surface area (Å²) in [7, 11) is 3.33. The topological polar surface area (TPSA) is 99.7 Å². The average Bonchev–Trinajstić information content (AvgIpc) is 3.54. The molecule has 2 N–H and O–H groups in total. The smallest absolute Gasteiger partial charge is 0.274 e. The van der Waals surface area contributed by atoms with Gasteiger partial charge in [-0.25, -0.2) is 4.68 Å². The molecule has 1 aliphatic heterocycles. The minimum Gasteiger partial charge on any atom is -0.496 e. The molecule has 3 aromatic rings. The minimum atomic E-state index is -0.420. The first-order chi connectivity index (χ1) is 17.4. The molecule has 0 bridgehead atoms. The van der Waals surface area contributed by atoms with Gasteiger partial charge in [0.1, 0.15) is 18.1 Å². The van der Waals surface area contributed by atoms with Crippen molar-refractivity contribution in [3.05, 3.63) is 57.2 Å². The van der Waals surface area contributed by atoms with Crippen molar-refractivity contribution in [1.29, 1.82) is 0 Å². The number of primary amides is 1. The third-order valence-corrected chi connectivity index (χ3v) is 7.54. The average molecular weight is 543 g/mol. The van der Waals surface area contributed by atoms with Crippen LogP contribution in [0.4, 0.5) is 0 Å². The fraction of sp³-hybridized carbons (Fsp3) is 0.370. The first-order valence-electron chi connectivity index (χ1n) is 11.9. The van der Waals surface area contributed by atoms with E-state index in [1.807, 2.05) is 32.9 Å². The number of hydrogen-bond donors (Lipinski definition) is 1. The fourth-order valence-electron chi connectivity index (χ4n) is 4.70. The molecule has 5 rings (SSSR count). The Kier molecular flexibility index (Phi) is 6.15. The third kappa shape index (κ3) is 4.42. The molecule has 1 unspecified atom stereocenters. The number of benzene rings is 2. The number of nitrogens with zero attached hydrogens (tertiary/aromatic N) is 3. The van der Waals surface area contributed by atoms with Gasteiger partial charge in [0.15, 0.2) is 5.69 Å². The molecule has 1 saturated carbocycles. The van der Waals surface area contributed by atoms with Gasteiger partial charge in [-0.3, -0.25) is 9.59 Å². The van der Waals surface area contributed by atoms with Gasteiger partial charge < -0.3 is 20.1 Å². The number of hydrogen-bond acceptors (Lipinski definition) is 5. The molecular weight excluding hydrogens is 515 g/mol. The van der Waals surface area contributed by atoms with Crippen molar-refractivity contribution in [1.82, 2.24) is 14.7 Å². The first kappa shape index (κ1) is 25.4. The maximum atomic E-state index is 13.6. The summed E-state index contributed by atoms with van der Waals surface area (Å²) in [5.74, 6) is 0.350. The molecule has 0 saturated heterocycles. The zero-order chi connectivity index (χ0) is 26.8. The van der Waals surface area contributed by atoms with E-state index in [4.69, 9.17) is 43.5 Å². The Morgan fingerprint density at radius 1 is 1.16 bits per heavy atom. The Hall–Kier alpha value is -3.23. The van der Waals surface area contributed by atoms with E-state index in [-0.39, 0.29) is 36.0 Å². The summed E-state index contributed by atoms with van der Waals surface area (Å²) in [5.41, 5.74) is 8.99. The molecule has 0 radical (unpaired) electrons. The molecule has 0 spiro atoms. The van der Waals surface area contributed by atoms with Crippen molar-refractivity contribution in [2.24, 2.45) is 11.7 Å². The molecule has 2 aromatic carbocycles. The number of aromatic nitrogens is 2. The summed E-state index contributed by atoms with van der Waals surface area (Å²) < 4.78 is 13.5. The summed E-state index contributed by atoms with van der Waals surface area (Å²) in [6.45, 7) is 6.02. The second kappa shape index (κ2) is 8.96. The van der Waals surface area contributed by atoms with Crippen LogP contribution < -0.4 is 15.2 Å². The Morgan fingerprint density at radius 2 is 1.84 bits per heavy atom. The lowest BCUT2D eigenvalue weighted by Crippen LogP contribution is -2.43. The molecule has 1 fully saturated rings. The number of halogens is 2. The number of methoxy groups -OCH3 is 1. The molecule has 2 heterocycles. The van der Waals surface area contributed by atoms with Gasteiger partial charge in [0.05, 0.1) is 18.5 Å². The molecule has 37 heavy (non-hydrogen) atoms. The molecular formula is C27H28Cl2N4O4. The van der Waals surface area contributed by atoms with E-state index in [1.54, 1.807) is 41.9 Å². The second-order valence-electron chi connectivity index (χ2n) is 10.5. The van der Waals surface area contributed by atoms with Gasteiger partial charge in [-0.05, 0) is 62.9 Å². The van der Waals surface area contributed by atoms with Gasteiger partial charge in [-0.2, -0.15) is 5.10 Å². The summed E-state index contributed by atoms with van der Waals surface area (Å²) in [6.07, 6.45) is 0.654. The van der Waals surface area contributed by atoms with Gasteiger partial charge in [-0.1, -0.05) is 23.2 Å². The van der Waals surface area contributed by atoms with Crippen LogP contribution in [0.15, 0.2) is 30.3 Å². The van der Waals surface area contributed by atoms with E-state index in [2.05, 4.69) is 0 Å². The SMILES string of the molecule is COc1cc2c(cc1C1C[C@@H]1C(N)=O)-c1c(c(C(=O)N(C)C(C)(C)C)nn1-c1cc(Cl)cc(Cl)c1)CO2. The standard InChI is InChI=1S/C27H28Cl2N4O4/c1-27(2,3)32(4)26(35)23-20-12-37-22-11-21(36-5)17(16-9-18(16)25(30)34)10-19(22)24(20)33(31-23)15-7-13(28)6-14(29)8-15/h6-8,10-11,16,18H,9,12H2,1-5H3,(H2,30,34)/t16?,18-/m0/s1. The van der Waals surface area contributed by atoms with Crippen LogP contribution in [0.5, 0.6) is 11.5 Å². The van der Waals surface area contributed by atoms with Gasteiger partial charge in [0.2, 0.25) is 5.91 Å². The van der Waals surface area contributed by atoms with Crippen molar-refractivity contribution in [3.8, 4) is 28.4 Å². The Balaban J connectivity index is 1.74. The molecule has 1 aliphatic carbocycles. The van der Waals surface area contributed by atoms with E-state index in [0.29, 0.717) is 44.9 Å². The van der Waals surface area contributed by atoms with E-state index >= 15 is 0 Å². The molecule has 194 valence electrons. The van der Waals surface area contributed by atoms with Crippen molar-refractivity contribution in [3.63, 3.8) is 0 Å². The van der Waals surface area contributed by atoms with Crippen LogP contribution in [0, 0.1) is 5.92 Å². The van der Waals surface area contributed by atoms with Crippen LogP contribution >= 0.6 is 23.2 Å². The number of rotatable bonds is 5. The fourth-order valence-corrected chi connectivity index (χ4v) is 5.21. The number of fused-ring (bicyclic) bond motifs is 3. The third-order valence-electron chi connectivity index (χ3n) is 7.10. The summed E-state index contributed by atoms with van der Waals surface area (Å²) in [5, 5.41) is 5.66. The predicted octanol–water partition coefficient (Wildman–Crippen LogP) is 5.21. The highest BCUT2D eigenvalue weighted by molar-refractivity contribution is 6.34. The lowest BCUT2D eigenvalue weighted by molar-refractivity contribution is -0.119. The van der Waals surface area contributed by atoms with E-state index in [1.165, 1.54) is 0 Å². The van der Waals surface area contributed by atoms with Crippen LogP contribution in [-0.2, 0) is 11.4 Å². The molecule has 8 nitrogen and oxygen atoms in total. The molecule has 1 aromatic heterocycles. The largest absolute Gasteiger partial charge is 0.496 e. The Labute approximate surface area is 225 Å². The molecule has 2 atom stereocenters. The highest BCUT2D eigenvalue weighted by Crippen LogP contribution is 2.53. The maximum Gasteiger partial charge on any atom is 0.274 e. The van der Waals surface area contributed by atoms with Gasteiger partial charge in [0, 0.05) is 45.7 Å². The predicted molar refractivity (Wildman–Crippen MR) is 142 cm³/mol. The van der Waals surface area contributed by atoms with E-state index in [9.17, 15) is 9.59 Å². The first-order valence-corrected chi connectivity index (χ1v) is 12.7. The number of carbonyl (C=O) groups excluding carboxylic acids is 2. The van der Waals surface area contributed by atoms with Crippen LogP contribution in [0.1, 0.15) is 54.7 Å². The van der Waals surface area contributed by atoms with Crippen LogP contribution in [0.2, 0.25) is 10.0 Å². The minimum absolute atomic E-state index is 0.0479. The van der Waals surface area contributed by atoms with Crippen molar-refractivity contribution in [2.45, 2.75) is 45.3 Å². The molecule has 2 amide bonds. The number of carbonyl (C=O) groups is 2. The van der Waals surface area contributed by atoms with Crippen LogP contribution in [-0.4, -0.2) is 46.2 Å². The van der Waals surface area contributed by atoms with Crippen LogP contribution in [0.25, 0.3) is 16.9 Å². The maximum absolute atomic E-state index is 13.6. The number of nitrogens with two attached hydrogens (primary N) is 1. The summed E-state index contributed by atoms with van der Waals surface area (Å²) >= 11 is 12.7. The molecule has 2 aliphatic rings. The Bertz CT molecular complexity index is 1420. The van der Waals surface area contributed by atoms with Crippen molar-refractivity contribution >= 4 is 35.0 Å². The van der Waals surface area contributed by atoms with E-state index < -0.39 is 5.54 Å². The van der Waals surface area contributed by atoms with Gasteiger partial charge in [0.25, 0.3) is 5.91 Å². The van der Waals surface area contributed by atoms with E-state index in [0.717, 1.165) is 11.1 Å². The number of ether oxygens (including phenoxy) is 2.